The Kier molecular flexibility index (Phi) is 4.50. The average molecular weight is 301 g/mol. The van der Waals surface area contributed by atoms with Crippen LogP contribution >= 0.6 is 0 Å². The van der Waals surface area contributed by atoms with E-state index in [9.17, 15) is 9.90 Å². The summed E-state index contributed by atoms with van der Waals surface area (Å²) in [6.07, 6.45) is 1.68. The van der Waals surface area contributed by atoms with Crippen molar-refractivity contribution in [1.82, 2.24) is 15.4 Å². The maximum atomic E-state index is 11.9. The van der Waals surface area contributed by atoms with E-state index in [0.29, 0.717) is 19.5 Å². The van der Waals surface area contributed by atoms with Crippen LogP contribution in [0.5, 0.6) is 0 Å². The smallest absolute Gasteiger partial charge is 0.273 e. The van der Waals surface area contributed by atoms with Gasteiger partial charge in [0.2, 0.25) is 0 Å². The molecule has 0 bridgehead atoms. The largest absolute Gasteiger partial charge is 0.392 e. The second-order valence-electron chi connectivity index (χ2n) is 5.55. The highest BCUT2D eigenvalue weighted by molar-refractivity contribution is 5.91. The van der Waals surface area contributed by atoms with Crippen molar-refractivity contribution in [2.75, 3.05) is 13.1 Å². The maximum absolute atomic E-state index is 11.9. The molecule has 3 rings (SSSR count). The van der Waals surface area contributed by atoms with Crippen molar-refractivity contribution in [3.05, 3.63) is 53.9 Å². The van der Waals surface area contributed by atoms with E-state index in [1.54, 1.807) is 0 Å². The van der Waals surface area contributed by atoms with Crippen molar-refractivity contribution < 1.29 is 14.4 Å². The minimum atomic E-state index is -0.349. The van der Waals surface area contributed by atoms with Crippen LogP contribution in [0, 0.1) is 0 Å². The number of benzene rings is 1. The van der Waals surface area contributed by atoms with Crippen LogP contribution < -0.4 is 5.32 Å². The predicted molar refractivity (Wildman–Crippen MR) is 80.1 cm³/mol. The van der Waals surface area contributed by atoms with Crippen molar-refractivity contribution in [2.45, 2.75) is 25.1 Å². The Bertz CT molecular complexity index is 600. The number of hydrogen-bond donors (Lipinski definition) is 2. The molecule has 2 atom stereocenters. The van der Waals surface area contributed by atoms with Crippen molar-refractivity contribution >= 4 is 5.91 Å². The minimum Gasteiger partial charge on any atom is -0.392 e. The first-order chi connectivity index (χ1) is 10.7. The quantitative estimate of drug-likeness (QED) is 0.863. The molecule has 1 amide bonds. The second kappa shape index (κ2) is 6.72. The monoisotopic (exact) mass is 301 g/mol. The van der Waals surface area contributed by atoms with Crippen LogP contribution in [0.3, 0.4) is 0 Å². The van der Waals surface area contributed by atoms with E-state index in [2.05, 4.69) is 32.0 Å². The molecule has 2 heterocycles. The third-order valence-electron chi connectivity index (χ3n) is 3.90. The number of aliphatic hydroxyl groups excluding tert-OH is 1. The number of hydrogen-bond acceptors (Lipinski definition) is 5. The standard InChI is InChI=1S/C16H19N3O3/c20-14-8-13(9-17-16(21)15-6-7-22-18-15)19(11-14)10-12-4-2-1-3-5-12/h1-7,13-14,20H,8-11H2,(H,17,21). The summed E-state index contributed by atoms with van der Waals surface area (Å²) < 4.78 is 4.66. The van der Waals surface area contributed by atoms with Gasteiger partial charge in [0.25, 0.3) is 5.91 Å². The summed E-state index contributed by atoms with van der Waals surface area (Å²) in [4.78, 5) is 14.1. The van der Waals surface area contributed by atoms with Gasteiger partial charge in [0.1, 0.15) is 6.26 Å². The van der Waals surface area contributed by atoms with Gasteiger partial charge in [0.15, 0.2) is 5.69 Å². The molecular formula is C16H19N3O3. The lowest BCUT2D eigenvalue weighted by molar-refractivity contribution is 0.0930. The van der Waals surface area contributed by atoms with Gasteiger partial charge in [0.05, 0.1) is 6.10 Å². The first-order valence-electron chi connectivity index (χ1n) is 7.37. The maximum Gasteiger partial charge on any atom is 0.273 e. The number of nitrogens with one attached hydrogen (secondary N) is 1. The topological polar surface area (TPSA) is 78.6 Å². The number of carbonyl (C=O) groups is 1. The Hall–Kier alpha value is -2.18. The summed E-state index contributed by atoms with van der Waals surface area (Å²) in [6, 6.07) is 11.8. The van der Waals surface area contributed by atoms with E-state index in [1.165, 1.54) is 17.9 Å². The molecule has 2 unspecified atom stereocenters. The van der Waals surface area contributed by atoms with E-state index in [1.807, 2.05) is 18.2 Å². The summed E-state index contributed by atoms with van der Waals surface area (Å²) in [5.74, 6) is -0.255. The molecule has 2 aromatic rings. The SMILES string of the molecule is O=C(NCC1CC(O)CN1Cc1ccccc1)c1ccon1. The third kappa shape index (κ3) is 3.52. The number of aromatic nitrogens is 1. The highest BCUT2D eigenvalue weighted by atomic mass is 16.5. The van der Waals surface area contributed by atoms with Gasteiger partial charge < -0.3 is 14.9 Å². The molecule has 1 aliphatic rings. The first-order valence-corrected chi connectivity index (χ1v) is 7.37. The van der Waals surface area contributed by atoms with Gasteiger partial charge in [-0.25, -0.2) is 0 Å². The van der Waals surface area contributed by atoms with E-state index < -0.39 is 0 Å². The molecule has 1 aromatic heterocycles. The zero-order valence-electron chi connectivity index (χ0n) is 12.2. The fourth-order valence-corrected chi connectivity index (χ4v) is 2.81. The number of aliphatic hydroxyl groups is 1. The van der Waals surface area contributed by atoms with Gasteiger partial charge in [-0.15, -0.1) is 0 Å². The molecule has 116 valence electrons. The van der Waals surface area contributed by atoms with Crippen LogP contribution in [0.25, 0.3) is 0 Å². The molecule has 2 N–H and O–H groups in total. The van der Waals surface area contributed by atoms with Gasteiger partial charge in [-0.3, -0.25) is 9.69 Å². The molecule has 6 nitrogen and oxygen atoms in total. The molecule has 1 fully saturated rings. The molecule has 0 spiro atoms. The zero-order valence-corrected chi connectivity index (χ0v) is 12.2. The van der Waals surface area contributed by atoms with E-state index in [4.69, 9.17) is 0 Å². The molecule has 0 saturated carbocycles. The highest BCUT2D eigenvalue weighted by Gasteiger charge is 2.31. The lowest BCUT2D eigenvalue weighted by Crippen LogP contribution is -2.39. The lowest BCUT2D eigenvalue weighted by Gasteiger charge is -2.24. The van der Waals surface area contributed by atoms with Gasteiger partial charge >= 0.3 is 0 Å². The normalized spacial score (nSPS) is 21.9. The molecule has 1 saturated heterocycles. The summed E-state index contributed by atoms with van der Waals surface area (Å²) >= 11 is 0. The third-order valence-corrected chi connectivity index (χ3v) is 3.90. The molecule has 0 radical (unpaired) electrons. The summed E-state index contributed by atoms with van der Waals surface area (Å²) in [7, 11) is 0. The summed E-state index contributed by atoms with van der Waals surface area (Å²) in [5, 5.41) is 16.4. The van der Waals surface area contributed by atoms with Crippen molar-refractivity contribution in [2.24, 2.45) is 0 Å². The summed E-state index contributed by atoms with van der Waals surface area (Å²) in [6.45, 7) is 1.87. The van der Waals surface area contributed by atoms with Crippen molar-refractivity contribution in [3.8, 4) is 0 Å². The Labute approximate surface area is 128 Å². The second-order valence-corrected chi connectivity index (χ2v) is 5.55. The number of likely N-dealkylation sites (tertiary alicyclic amines) is 1. The number of carbonyl (C=O) groups excluding carboxylic acids is 1. The number of nitrogens with zero attached hydrogens (tertiary/aromatic N) is 2. The van der Waals surface area contributed by atoms with Crippen molar-refractivity contribution in [1.29, 1.82) is 0 Å². The van der Waals surface area contributed by atoms with E-state index in [-0.39, 0.29) is 23.7 Å². The lowest BCUT2D eigenvalue weighted by atomic mass is 10.1. The highest BCUT2D eigenvalue weighted by Crippen LogP contribution is 2.20. The van der Waals surface area contributed by atoms with Crippen LogP contribution in [0.4, 0.5) is 0 Å². The molecule has 0 aliphatic carbocycles. The van der Waals surface area contributed by atoms with Crippen LogP contribution in [-0.4, -0.2) is 46.3 Å². The Morgan fingerprint density at radius 3 is 2.91 bits per heavy atom. The first kappa shape index (κ1) is 14.7. The number of β-amino-alcohol motifs (C(OH)–C–C–N with tert-alkyl or cyclic N) is 1. The molecule has 1 aliphatic heterocycles. The van der Waals surface area contributed by atoms with Crippen molar-refractivity contribution in [3.63, 3.8) is 0 Å². The fraction of sp³-hybridized carbons (Fsp3) is 0.375. The summed E-state index contributed by atoms with van der Waals surface area (Å²) in [5.41, 5.74) is 1.47. The van der Waals surface area contributed by atoms with E-state index >= 15 is 0 Å². The molecular weight excluding hydrogens is 282 g/mol. The fourth-order valence-electron chi connectivity index (χ4n) is 2.81. The molecule has 6 heteroatoms. The number of rotatable bonds is 5. The van der Waals surface area contributed by atoms with Gasteiger partial charge in [-0.05, 0) is 12.0 Å². The Balaban J connectivity index is 1.58. The van der Waals surface area contributed by atoms with Gasteiger partial charge in [-0.2, -0.15) is 0 Å². The van der Waals surface area contributed by atoms with Gasteiger partial charge in [-0.1, -0.05) is 35.5 Å². The Morgan fingerprint density at radius 2 is 2.18 bits per heavy atom. The van der Waals surface area contributed by atoms with Gasteiger partial charge in [0, 0.05) is 31.7 Å². The number of amides is 1. The zero-order chi connectivity index (χ0) is 15.4. The Morgan fingerprint density at radius 1 is 1.36 bits per heavy atom. The predicted octanol–water partition coefficient (Wildman–Crippen LogP) is 1.04. The van der Waals surface area contributed by atoms with Crippen LogP contribution in [-0.2, 0) is 6.54 Å². The molecule has 22 heavy (non-hydrogen) atoms. The average Bonchev–Trinajstić information content (AvgIpc) is 3.16. The molecule has 1 aromatic carbocycles. The van der Waals surface area contributed by atoms with Crippen LogP contribution in [0.2, 0.25) is 0 Å². The minimum absolute atomic E-state index is 0.117. The van der Waals surface area contributed by atoms with Crippen LogP contribution in [0.1, 0.15) is 22.5 Å². The van der Waals surface area contributed by atoms with E-state index in [0.717, 1.165) is 6.54 Å². The van der Waals surface area contributed by atoms with Crippen LogP contribution in [0.15, 0.2) is 47.2 Å².